The molecule has 2 aliphatic heterocycles. The van der Waals surface area contributed by atoms with Gasteiger partial charge in [0, 0.05) is 27.6 Å². The fraction of sp³-hybridized carbons (Fsp3) is 0.145. The molecule has 0 amide bonds. The summed E-state index contributed by atoms with van der Waals surface area (Å²) in [6, 6.07) is 68.2. The van der Waals surface area contributed by atoms with Gasteiger partial charge in [-0.25, -0.2) is 4.98 Å². The third-order valence-corrected chi connectivity index (χ3v) is 12.0. The number of anilines is 6. The number of hydrogen-bond acceptors (Lipinski definition) is 3. The van der Waals surface area contributed by atoms with Crippen molar-refractivity contribution in [1.82, 2.24) is 4.98 Å². The van der Waals surface area contributed by atoms with E-state index in [4.69, 9.17) is 4.98 Å². The molecular weight excluding hydrogens is 703 g/mol. The highest BCUT2D eigenvalue weighted by atomic mass is 15.2. The monoisotopic (exact) mass is 751 g/mol. The lowest BCUT2D eigenvalue weighted by Gasteiger charge is -2.43. The Kier molecular flexibility index (Phi) is 9.33. The number of aromatic nitrogens is 1. The summed E-state index contributed by atoms with van der Waals surface area (Å²) in [7, 11) is 0. The van der Waals surface area contributed by atoms with Crippen LogP contribution in [0.1, 0.15) is 63.8 Å². The first kappa shape index (κ1) is 36.9. The summed E-state index contributed by atoms with van der Waals surface area (Å²) >= 11 is 0. The Hall–Kier alpha value is -6.71. The number of rotatable bonds is 5. The van der Waals surface area contributed by atoms with E-state index in [0.717, 1.165) is 28.2 Å². The minimum Gasteiger partial charge on any atom is -0.310 e. The second-order valence-corrected chi connectivity index (χ2v) is 16.1. The predicted octanol–water partition coefficient (Wildman–Crippen LogP) is 15.3. The molecule has 3 heterocycles. The van der Waals surface area contributed by atoms with Crippen molar-refractivity contribution in [3.05, 3.63) is 210 Å². The molecule has 0 unspecified atom stereocenters. The lowest BCUT2D eigenvalue weighted by atomic mass is 9.71. The molecular formula is C55H49N3. The van der Waals surface area contributed by atoms with Gasteiger partial charge in [0.1, 0.15) is 0 Å². The summed E-state index contributed by atoms with van der Waals surface area (Å²) in [5, 5.41) is 0. The van der Waals surface area contributed by atoms with Gasteiger partial charge < -0.3 is 9.80 Å². The molecule has 0 radical (unpaired) electrons. The Morgan fingerprint density at radius 2 is 0.690 bits per heavy atom. The molecule has 0 fully saturated rings. The molecule has 8 aromatic rings. The Morgan fingerprint density at radius 3 is 1.14 bits per heavy atom. The number of pyridine rings is 1. The van der Waals surface area contributed by atoms with E-state index in [0.29, 0.717) is 0 Å². The highest BCUT2D eigenvalue weighted by Crippen LogP contribution is 2.55. The van der Waals surface area contributed by atoms with Crippen LogP contribution in [0.15, 0.2) is 188 Å². The van der Waals surface area contributed by atoms with Gasteiger partial charge in [-0.05, 0) is 94.0 Å². The zero-order valence-electron chi connectivity index (χ0n) is 34.2. The molecule has 3 nitrogen and oxygen atoms in total. The maximum atomic E-state index is 5.22. The van der Waals surface area contributed by atoms with Crippen LogP contribution in [0, 0.1) is 0 Å². The van der Waals surface area contributed by atoms with Crippen molar-refractivity contribution in [1.29, 1.82) is 0 Å². The van der Waals surface area contributed by atoms with Gasteiger partial charge in [-0.2, -0.15) is 0 Å². The molecule has 0 atom stereocenters. The molecule has 0 aliphatic carbocycles. The van der Waals surface area contributed by atoms with Gasteiger partial charge in [0.15, 0.2) is 0 Å². The summed E-state index contributed by atoms with van der Waals surface area (Å²) in [6.45, 7) is 13.5. The minimum absolute atomic E-state index is 0.190. The predicted molar refractivity (Wildman–Crippen MR) is 246 cm³/mol. The average Bonchev–Trinajstić information content (AvgIpc) is 3.28. The van der Waals surface area contributed by atoms with Gasteiger partial charge in [-0.3, -0.25) is 0 Å². The van der Waals surface area contributed by atoms with E-state index in [9.17, 15) is 0 Å². The second kappa shape index (κ2) is 14.7. The maximum absolute atomic E-state index is 5.22. The zero-order valence-corrected chi connectivity index (χ0v) is 34.2. The number of benzene rings is 7. The number of fused-ring (bicyclic) bond motifs is 4. The highest BCUT2D eigenvalue weighted by molar-refractivity contribution is 5.91. The smallest absolute Gasteiger partial charge is 0.0730 e. The first-order valence-corrected chi connectivity index (χ1v) is 20.6. The van der Waals surface area contributed by atoms with Crippen LogP contribution in [0.4, 0.5) is 34.1 Å². The van der Waals surface area contributed by atoms with Gasteiger partial charge in [-0.1, -0.05) is 169 Å². The SMILES string of the molecule is CC.CC1(C)c2ccccc2N(c2ccccc2)c2ccc(-c3ccc4c(c3)C(C)(C)c3ccccc3N4c3cc(-c4ccccc4)nc(-c4ccccc4)c3)cc21. The van der Waals surface area contributed by atoms with E-state index in [1.807, 2.05) is 13.8 Å². The lowest BCUT2D eigenvalue weighted by molar-refractivity contribution is 0.631. The van der Waals surface area contributed by atoms with Crippen LogP contribution in [0.5, 0.6) is 0 Å². The summed E-state index contributed by atoms with van der Waals surface area (Å²) in [6.07, 6.45) is 0. The largest absolute Gasteiger partial charge is 0.310 e. The molecule has 0 spiro atoms. The zero-order chi connectivity index (χ0) is 40.0. The van der Waals surface area contributed by atoms with Crippen LogP contribution >= 0.6 is 0 Å². The fourth-order valence-corrected chi connectivity index (χ4v) is 9.06. The van der Waals surface area contributed by atoms with Crippen molar-refractivity contribution in [3.63, 3.8) is 0 Å². The first-order valence-electron chi connectivity index (χ1n) is 20.6. The normalized spacial score (nSPS) is 14.2. The van der Waals surface area contributed by atoms with Gasteiger partial charge in [-0.15, -0.1) is 0 Å². The van der Waals surface area contributed by atoms with Crippen molar-refractivity contribution in [2.45, 2.75) is 52.4 Å². The Morgan fingerprint density at radius 1 is 0.328 bits per heavy atom. The third kappa shape index (κ3) is 6.10. The van der Waals surface area contributed by atoms with Gasteiger partial charge in [0.2, 0.25) is 0 Å². The van der Waals surface area contributed by atoms with Crippen molar-refractivity contribution < 1.29 is 0 Å². The highest BCUT2D eigenvalue weighted by Gasteiger charge is 2.39. The Labute approximate surface area is 343 Å². The van der Waals surface area contributed by atoms with Crippen LogP contribution < -0.4 is 9.80 Å². The van der Waals surface area contributed by atoms with Crippen molar-refractivity contribution in [2.24, 2.45) is 0 Å². The second-order valence-electron chi connectivity index (χ2n) is 16.1. The summed E-state index contributed by atoms with van der Waals surface area (Å²) in [4.78, 5) is 10.1. The standard InChI is InChI=1S/C53H43N3.C2H6/c1-52(2)42-24-14-16-26-48(42)55(40-22-12-7-13-23-40)50-30-28-38(32-44(50)52)39-29-31-51-45(33-39)53(3,4)43-25-15-17-27-49(43)56(51)41-34-46(36-18-8-5-9-19-36)54-47(35-41)37-20-10-6-11-21-37;1-2/h5-35H,1-4H3;1-2H3. The first-order chi connectivity index (χ1) is 28.3. The molecule has 2 aliphatic rings. The molecule has 0 bridgehead atoms. The molecule has 0 saturated heterocycles. The van der Waals surface area contributed by atoms with Gasteiger partial charge in [0.05, 0.1) is 39.8 Å². The van der Waals surface area contributed by atoms with E-state index in [-0.39, 0.29) is 10.8 Å². The molecule has 3 heteroatoms. The van der Waals surface area contributed by atoms with Crippen molar-refractivity contribution >= 4 is 34.1 Å². The topological polar surface area (TPSA) is 19.4 Å². The van der Waals surface area contributed by atoms with Crippen LogP contribution in [-0.2, 0) is 10.8 Å². The molecule has 284 valence electrons. The summed E-state index contributed by atoms with van der Waals surface area (Å²) in [5.74, 6) is 0. The summed E-state index contributed by atoms with van der Waals surface area (Å²) < 4.78 is 0. The number of nitrogens with zero attached hydrogens (tertiary/aromatic N) is 3. The van der Waals surface area contributed by atoms with E-state index < -0.39 is 0 Å². The molecule has 58 heavy (non-hydrogen) atoms. The van der Waals surface area contributed by atoms with E-state index in [2.05, 4.69) is 226 Å². The van der Waals surface area contributed by atoms with Gasteiger partial charge in [0.25, 0.3) is 0 Å². The third-order valence-electron chi connectivity index (χ3n) is 12.0. The maximum Gasteiger partial charge on any atom is 0.0730 e. The minimum atomic E-state index is -0.244. The summed E-state index contributed by atoms with van der Waals surface area (Å²) in [5.41, 5.74) is 18.4. The molecule has 1 aromatic heterocycles. The van der Waals surface area contributed by atoms with Crippen LogP contribution in [-0.4, -0.2) is 4.98 Å². The Balaban J connectivity index is 0.00000215. The van der Waals surface area contributed by atoms with E-state index >= 15 is 0 Å². The average molecular weight is 752 g/mol. The Bertz CT molecular complexity index is 2690. The van der Waals surface area contributed by atoms with E-state index in [1.165, 1.54) is 61.8 Å². The fourth-order valence-electron chi connectivity index (χ4n) is 9.06. The number of hydrogen-bond donors (Lipinski definition) is 0. The quantitative estimate of drug-likeness (QED) is 0.175. The van der Waals surface area contributed by atoms with E-state index in [1.54, 1.807) is 0 Å². The van der Waals surface area contributed by atoms with Crippen molar-refractivity contribution in [3.8, 4) is 33.6 Å². The lowest BCUT2D eigenvalue weighted by Crippen LogP contribution is -2.31. The van der Waals surface area contributed by atoms with Crippen LogP contribution in [0.25, 0.3) is 33.6 Å². The van der Waals surface area contributed by atoms with Crippen molar-refractivity contribution in [2.75, 3.05) is 9.80 Å². The molecule has 0 N–H and O–H groups in total. The number of para-hydroxylation sites is 3. The molecule has 10 rings (SSSR count). The molecule has 7 aromatic carbocycles. The molecule has 0 saturated carbocycles. The van der Waals surface area contributed by atoms with Gasteiger partial charge >= 0.3 is 0 Å². The van der Waals surface area contributed by atoms with Crippen LogP contribution in [0.2, 0.25) is 0 Å². The van der Waals surface area contributed by atoms with Crippen LogP contribution in [0.3, 0.4) is 0 Å².